The van der Waals surface area contributed by atoms with Crippen LogP contribution in [0.3, 0.4) is 0 Å². The Bertz CT molecular complexity index is 253. The topological polar surface area (TPSA) is 48.1 Å². The largest absolute Gasteiger partial charge is 0.384 e. The SMILES string of the molecule is CC.[3H][B]SOCc1ccnc(N)c1. The summed E-state index contributed by atoms with van der Waals surface area (Å²) in [5, 5.41) is 0. The van der Waals surface area contributed by atoms with E-state index < -0.39 is 0 Å². The normalized spacial score (nSPS) is 9.54. The van der Waals surface area contributed by atoms with Crippen LogP contribution in [0.25, 0.3) is 0 Å². The third kappa shape index (κ3) is 5.55. The predicted molar refractivity (Wildman–Crippen MR) is 59.5 cm³/mol. The van der Waals surface area contributed by atoms with Gasteiger partial charge in [0, 0.05) is 6.20 Å². The summed E-state index contributed by atoms with van der Waals surface area (Å²) in [6.45, 7) is 4.44. The number of aromatic nitrogens is 1. The van der Waals surface area contributed by atoms with Crippen molar-refractivity contribution in [1.82, 2.24) is 4.98 Å². The molecule has 0 aliphatic heterocycles. The summed E-state index contributed by atoms with van der Waals surface area (Å²) in [5.74, 6) is 0.482. The van der Waals surface area contributed by atoms with E-state index in [-0.39, 0.29) is 0 Å². The van der Waals surface area contributed by atoms with Crippen molar-refractivity contribution < 1.29 is 4.18 Å². The zero-order valence-electron chi connectivity index (χ0n) is 8.86. The van der Waals surface area contributed by atoms with Crippen LogP contribution in [0.2, 0.25) is 0 Å². The predicted octanol–water partition coefficient (Wildman–Crippen LogP) is 1.67. The Kier molecular flexibility index (Phi) is 6.36. The van der Waals surface area contributed by atoms with Crippen LogP contribution >= 0.6 is 11.9 Å². The number of pyridine rings is 1. The van der Waals surface area contributed by atoms with Gasteiger partial charge >= 0.3 is 0 Å². The van der Waals surface area contributed by atoms with Gasteiger partial charge in [-0.05, 0) is 19.0 Å². The zero-order valence-corrected chi connectivity index (χ0v) is 8.67. The van der Waals surface area contributed by atoms with Gasteiger partial charge in [-0.2, -0.15) is 0 Å². The summed E-state index contributed by atoms with van der Waals surface area (Å²) in [4.78, 5) is 3.84. The van der Waals surface area contributed by atoms with Crippen LogP contribution in [0.5, 0.6) is 0 Å². The third-order valence-electron chi connectivity index (χ3n) is 1.14. The second-order valence-corrected chi connectivity index (χ2v) is 2.38. The van der Waals surface area contributed by atoms with E-state index in [0.29, 0.717) is 12.4 Å². The van der Waals surface area contributed by atoms with E-state index in [1.54, 1.807) is 12.3 Å². The molecule has 1 rings (SSSR count). The van der Waals surface area contributed by atoms with Crippen LogP contribution in [0.1, 0.15) is 19.4 Å². The van der Waals surface area contributed by atoms with E-state index in [9.17, 15) is 0 Å². The maximum Gasteiger partial charge on any atom is 0.209 e. The fourth-order valence-electron chi connectivity index (χ4n) is 0.686. The van der Waals surface area contributed by atoms with Crippen molar-refractivity contribution in [2.45, 2.75) is 20.5 Å². The molecule has 1 aromatic rings. The summed E-state index contributed by atoms with van der Waals surface area (Å²) >= 11 is 0.989. The van der Waals surface area contributed by atoms with Crippen molar-refractivity contribution in [3.05, 3.63) is 23.9 Å². The molecule has 0 spiro atoms. The number of hydrogen-bond acceptors (Lipinski definition) is 4. The highest BCUT2D eigenvalue weighted by molar-refractivity contribution is 8.15. The van der Waals surface area contributed by atoms with E-state index in [0.717, 1.165) is 24.5 Å². The van der Waals surface area contributed by atoms with Gasteiger partial charge in [0.05, 0.1) is 6.61 Å². The highest BCUT2D eigenvalue weighted by atomic mass is 32.2. The molecule has 1 aromatic heterocycles. The molecule has 0 bridgehead atoms. The molecule has 0 aliphatic carbocycles. The van der Waals surface area contributed by atoms with Crippen molar-refractivity contribution in [1.29, 1.82) is 1.34 Å². The van der Waals surface area contributed by atoms with Gasteiger partial charge in [-0.15, -0.1) is 0 Å². The number of hydrogen-bond donors (Lipinski definition) is 1. The van der Waals surface area contributed by atoms with Crippen LogP contribution in [0.4, 0.5) is 5.82 Å². The van der Waals surface area contributed by atoms with Gasteiger partial charge in [0.2, 0.25) is 7.09 Å². The van der Waals surface area contributed by atoms with Crippen molar-refractivity contribution in [3.63, 3.8) is 0 Å². The Morgan fingerprint density at radius 2 is 2.54 bits per heavy atom. The Morgan fingerprint density at radius 3 is 3.15 bits per heavy atom. The van der Waals surface area contributed by atoms with Gasteiger partial charge < -0.3 is 9.92 Å². The number of anilines is 1. The first-order valence-electron chi connectivity index (χ1n) is 4.59. The molecule has 1 heterocycles. The molecule has 71 valence electrons. The Labute approximate surface area is 85.9 Å². The number of nitrogens with zero attached hydrogens (tertiary/aromatic N) is 1. The first-order valence-corrected chi connectivity index (χ1v) is 4.82. The molecule has 1 radical (unpaired) electrons. The summed E-state index contributed by atoms with van der Waals surface area (Å²) in [6.07, 6.45) is 1.63. The van der Waals surface area contributed by atoms with Gasteiger partial charge in [0.15, 0.2) is 0 Å². The number of nitrogen functional groups attached to an aromatic ring is 1. The quantitative estimate of drug-likeness (QED) is 0.455. The summed E-state index contributed by atoms with van der Waals surface area (Å²) in [6, 6.07) is 3.56. The average Bonchev–Trinajstić information content (AvgIpc) is 2.21. The van der Waals surface area contributed by atoms with E-state index in [1.807, 2.05) is 19.9 Å². The minimum atomic E-state index is 0.437. The monoisotopic (exact) mass is 199 g/mol. The van der Waals surface area contributed by atoms with Crippen molar-refractivity contribution in [2.75, 3.05) is 5.73 Å². The molecule has 2 N–H and O–H groups in total. The lowest BCUT2D eigenvalue weighted by Crippen LogP contribution is -1.92. The van der Waals surface area contributed by atoms with Crippen LogP contribution in [-0.4, -0.2) is 13.4 Å². The van der Waals surface area contributed by atoms with Crippen molar-refractivity contribution >= 4 is 24.8 Å². The van der Waals surface area contributed by atoms with Gasteiger partial charge in [-0.3, -0.25) is 0 Å². The minimum Gasteiger partial charge on any atom is -0.384 e. The van der Waals surface area contributed by atoms with E-state index >= 15 is 0 Å². The molecule has 0 unspecified atom stereocenters. The molecular weight excluding hydrogens is 183 g/mol. The minimum absolute atomic E-state index is 0.437. The molecule has 0 amide bonds. The maximum absolute atomic E-state index is 6.69. The number of rotatable bonds is 4. The van der Waals surface area contributed by atoms with Crippen molar-refractivity contribution in [2.24, 2.45) is 0 Å². The van der Waals surface area contributed by atoms with Crippen LogP contribution in [-0.2, 0) is 10.8 Å². The molecule has 0 saturated carbocycles. The summed E-state index contributed by atoms with van der Waals surface area (Å²) < 4.78 is 11.7. The van der Waals surface area contributed by atoms with E-state index in [4.69, 9.17) is 11.3 Å². The molecule has 0 atom stereocenters. The second-order valence-electron chi connectivity index (χ2n) is 1.95. The fraction of sp³-hybridized carbons (Fsp3) is 0.375. The highest BCUT2D eigenvalue weighted by Crippen LogP contribution is 2.07. The van der Waals surface area contributed by atoms with Gasteiger partial charge in [-0.25, -0.2) is 4.98 Å². The van der Waals surface area contributed by atoms with Crippen molar-refractivity contribution in [3.8, 4) is 0 Å². The third-order valence-corrected chi connectivity index (χ3v) is 1.39. The fourth-order valence-corrected chi connectivity index (χ4v) is 0.890. The molecular formula is C8H14BN2OS. The van der Waals surface area contributed by atoms with E-state index in [1.165, 1.54) is 0 Å². The molecule has 0 saturated heterocycles. The Morgan fingerprint density at radius 1 is 1.77 bits per heavy atom. The van der Waals surface area contributed by atoms with Crippen LogP contribution in [0, 0.1) is 0 Å². The lowest BCUT2D eigenvalue weighted by Gasteiger charge is -2.00. The molecule has 0 fully saturated rings. The lowest BCUT2D eigenvalue weighted by molar-refractivity contribution is 0.369. The van der Waals surface area contributed by atoms with Crippen LogP contribution in [0.15, 0.2) is 18.3 Å². The molecule has 3 nitrogen and oxygen atoms in total. The highest BCUT2D eigenvalue weighted by Gasteiger charge is 1.92. The Balaban J connectivity index is 0.000000791. The smallest absolute Gasteiger partial charge is 0.209 e. The second kappa shape index (κ2) is 7.95. The summed E-state index contributed by atoms with van der Waals surface area (Å²) in [7, 11) is 1.13. The first-order chi connectivity index (χ1) is 6.83. The molecule has 0 aliphatic rings. The molecule has 13 heavy (non-hydrogen) atoms. The Hall–Kier alpha value is -0.675. The first kappa shape index (κ1) is 10.4. The standard InChI is InChI=1S/C6H8BN2OS.C2H6/c7-11-10-4-5-1-2-9-6(8)3-5;1-2/h1-3,7H,4H2,(H2,8,9);1-2H3/i7T;. The van der Waals surface area contributed by atoms with Gasteiger partial charge in [0.25, 0.3) is 0 Å². The van der Waals surface area contributed by atoms with Gasteiger partial charge in [0.1, 0.15) is 5.82 Å². The molecule has 5 heteroatoms. The van der Waals surface area contributed by atoms with Crippen LogP contribution < -0.4 is 5.73 Å². The lowest BCUT2D eigenvalue weighted by atomic mass is 10.3. The maximum atomic E-state index is 6.69. The molecule has 0 aromatic carbocycles. The van der Waals surface area contributed by atoms with Gasteiger partial charge in [-0.1, -0.05) is 25.7 Å². The average molecular weight is 199 g/mol. The number of nitrogens with two attached hydrogens (primary N) is 1. The van der Waals surface area contributed by atoms with E-state index in [2.05, 4.69) is 4.98 Å². The zero-order chi connectivity index (χ0) is 10.8. The summed E-state index contributed by atoms with van der Waals surface area (Å²) in [5.41, 5.74) is 6.40.